The molecule has 0 bridgehead atoms. The first-order chi connectivity index (χ1) is 13.0. The first kappa shape index (κ1) is 20.5. The van der Waals surface area contributed by atoms with E-state index in [1.165, 1.54) is 23.5 Å². The van der Waals surface area contributed by atoms with E-state index in [0.717, 1.165) is 19.2 Å². The van der Waals surface area contributed by atoms with Gasteiger partial charge in [-0.15, -0.1) is 0 Å². The van der Waals surface area contributed by atoms with Gasteiger partial charge in [-0.25, -0.2) is 12.8 Å². The monoisotopic (exact) mass is 402 g/mol. The number of hydrogen-bond acceptors (Lipinski definition) is 6. The number of sulfonamides is 1. The van der Waals surface area contributed by atoms with Gasteiger partial charge in [0.05, 0.1) is 20.3 Å². The van der Waals surface area contributed by atoms with E-state index in [-0.39, 0.29) is 16.7 Å². The summed E-state index contributed by atoms with van der Waals surface area (Å²) in [6, 6.07) is 3.42. The van der Waals surface area contributed by atoms with Gasteiger partial charge in [-0.2, -0.15) is 4.31 Å². The fraction of sp³-hybridized carbons (Fsp3) is 0.667. The zero-order chi connectivity index (χ0) is 19.3. The molecule has 2 fully saturated rings. The van der Waals surface area contributed by atoms with E-state index in [1.807, 2.05) is 0 Å². The van der Waals surface area contributed by atoms with Crippen molar-refractivity contribution in [2.45, 2.75) is 23.8 Å². The second-order valence-electron chi connectivity index (χ2n) is 6.71. The third-order valence-electron chi connectivity index (χ3n) is 5.05. The lowest BCUT2D eigenvalue weighted by Gasteiger charge is -2.35. The Morgan fingerprint density at radius 1 is 1.19 bits per heavy atom. The SMILES string of the molecule is COc1ccc(F)cc1S(=O)(=O)N(CCN1CCOCC1)C1CCOCC1. The minimum absolute atomic E-state index is 0.126. The van der Waals surface area contributed by atoms with E-state index in [0.29, 0.717) is 52.4 Å². The number of ether oxygens (including phenoxy) is 3. The molecule has 0 spiro atoms. The summed E-state index contributed by atoms with van der Waals surface area (Å²) >= 11 is 0. The summed E-state index contributed by atoms with van der Waals surface area (Å²) in [5.74, 6) is -0.450. The summed E-state index contributed by atoms with van der Waals surface area (Å²) in [7, 11) is -2.52. The van der Waals surface area contributed by atoms with Crippen molar-refractivity contribution in [3.8, 4) is 5.75 Å². The van der Waals surface area contributed by atoms with E-state index in [2.05, 4.69) is 4.90 Å². The van der Waals surface area contributed by atoms with Gasteiger partial charge in [0.25, 0.3) is 0 Å². The average Bonchev–Trinajstić information content (AvgIpc) is 2.69. The predicted molar refractivity (Wildman–Crippen MR) is 97.9 cm³/mol. The Kier molecular flexibility index (Phi) is 7.04. The van der Waals surface area contributed by atoms with Crippen LogP contribution in [0.25, 0.3) is 0 Å². The average molecular weight is 402 g/mol. The number of benzene rings is 1. The van der Waals surface area contributed by atoms with Gasteiger partial charge in [-0.3, -0.25) is 4.90 Å². The van der Waals surface area contributed by atoms with E-state index < -0.39 is 15.8 Å². The summed E-state index contributed by atoms with van der Waals surface area (Å²) in [6.45, 7) is 4.87. The number of morpholine rings is 1. The number of halogens is 1. The van der Waals surface area contributed by atoms with E-state index >= 15 is 0 Å². The van der Waals surface area contributed by atoms with Crippen molar-refractivity contribution in [2.24, 2.45) is 0 Å². The number of nitrogens with zero attached hydrogens (tertiary/aromatic N) is 2. The minimum atomic E-state index is -3.91. The van der Waals surface area contributed by atoms with Gasteiger partial charge in [0.2, 0.25) is 10.0 Å². The van der Waals surface area contributed by atoms with Crippen molar-refractivity contribution in [3.63, 3.8) is 0 Å². The maximum atomic E-state index is 13.8. The maximum absolute atomic E-state index is 13.8. The van der Waals surface area contributed by atoms with Gasteiger partial charge in [-0.1, -0.05) is 0 Å². The lowest BCUT2D eigenvalue weighted by Crippen LogP contribution is -2.48. The largest absolute Gasteiger partial charge is 0.495 e. The molecule has 0 saturated carbocycles. The summed E-state index contributed by atoms with van der Waals surface area (Å²) in [6.07, 6.45) is 1.25. The van der Waals surface area contributed by atoms with Crippen molar-refractivity contribution in [1.29, 1.82) is 0 Å². The molecule has 9 heteroatoms. The van der Waals surface area contributed by atoms with Crippen LogP contribution in [0.1, 0.15) is 12.8 Å². The Balaban J connectivity index is 1.86. The van der Waals surface area contributed by atoms with E-state index in [1.54, 1.807) is 0 Å². The Hall–Kier alpha value is -1.26. The van der Waals surface area contributed by atoms with Crippen LogP contribution in [-0.4, -0.2) is 83.4 Å². The Labute approximate surface area is 160 Å². The topological polar surface area (TPSA) is 68.3 Å². The van der Waals surface area contributed by atoms with Gasteiger partial charge < -0.3 is 14.2 Å². The molecule has 1 aromatic rings. The molecule has 2 saturated heterocycles. The fourth-order valence-electron chi connectivity index (χ4n) is 3.52. The summed E-state index contributed by atoms with van der Waals surface area (Å²) < 4.78 is 58.1. The van der Waals surface area contributed by atoms with E-state index in [4.69, 9.17) is 14.2 Å². The molecule has 2 aliphatic heterocycles. The molecule has 27 heavy (non-hydrogen) atoms. The van der Waals surface area contributed by atoms with Crippen molar-refractivity contribution in [1.82, 2.24) is 9.21 Å². The highest BCUT2D eigenvalue weighted by molar-refractivity contribution is 7.89. The molecule has 7 nitrogen and oxygen atoms in total. The first-order valence-electron chi connectivity index (χ1n) is 9.25. The molecule has 0 N–H and O–H groups in total. The number of hydrogen-bond donors (Lipinski definition) is 0. The molecular weight excluding hydrogens is 375 g/mol. The quantitative estimate of drug-likeness (QED) is 0.686. The zero-order valence-corrected chi connectivity index (χ0v) is 16.4. The maximum Gasteiger partial charge on any atom is 0.247 e. The highest BCUT2D eigenvalue weighted by Gasteiger charge is 2.35. The van der Waals surface area contributed by atoms with Crippen LogP contribution < -0.4 is 4.74 Å². The summed E-state index contributed by atoms with van der Waals surface area (Å²) in [5.41, 5.74) is 0. The second-order valence-corrected chi connectivity index (χ2v) is 8.57. The zero-order valence-electron chi connectivity index (χ0n) is 15.6. The van der Waals surface area contributed by atoms with Gasteiger partial charge >= 0.3 is 0 Å². The van der Waals surface area contributed by atoms with Crippen LogP contribution in [0, 0.1) is 5.82 Å². The van der Waals surface area contributed by atoms with Crippen molar-refractivity contribution < 1.29 is 27.0 Å². The van der Waals surface area contributed by atoms with Crippen molar-refractivity contribution in [3.05, 3.63) is 24.0 Å². The molecule has 152 valence electrons. The molecule has 3 rings (SSSR count). The normalized spacial score (nSPS) is 20.1. The molecule has 0 radical (unpaired) electrons. The van der Waals surface area contributed by atoms with Crippen LogP contribution in [0.15, 0.2) is 23.1 Å². The van der Waals surface area contributed by atoms with E-state index in [9.17, 15) is 12.8 Å². The molecule has 0 atom stereocenters. The molecule has 0 aliphatic carbocycles. The third-order valence-corrected chi connectivity index (χ3v) is 7.02. The van der Waals surface area contributed by atoms with Gasteiger partial charge in [-0.05, 0) is 31.0 Å². The molecular formula is C18H27FN2O5S. The molecule has 0 aromatic heterocycles. The van der Waals surface area contributed by atoms with Crippen molar-refractivity contribution in [2.75, 3.05) is 59.7 Å². The molecule has 2 aliphatic rings. The Bertz CT molecular complexity index is 718. The van der Waals surface area contributed by atoms with Crippen LogP contribution in [0.4, 0.5) is 4.39 Å². The van der Waals surface area contributed by atoms with Crippen LogP contribution in [0.3, 0.4) is 0 Å². The van der Waals surface area contributed by atoms with Gasteiger partial charge in [0, 0.05) is 45.4 Å². The number of methoxy groups -OCH3 is 1. The molecule has 0 amide bonds. The van der Waals surface area contributed by atoms with Crippen LogP contribution in [0.2, 0.25) is 0 Å². The summed E-state index contributed by atoms with van der Waals surface area (Å²) in [4.78, 5) is 2.06. The lowest BCUT2D eigenvalue weighted by molar-refractivity contribution is 0.0291. The third kappa shape index (κ3) is 4.97. The fourth-order valence-corrected chi connectivity index (χ4v) is 5.36. The minimum Gasteiger partial charge on any atom is -0.495 e. The molecule has 2 heterocycles. The highest BCUT2D eigenvalue weighted by atomic mass is 32.2. The van der Waals surface area contributed by atoms with Crippen LogP contribution in [-0.2, 0) is 19.5 Å². The second kappa shape index (κ2) is 9.29. The van der Waals surface area contributed by atoms with Crippen LogP contribution >= 0.6 is 0 Å². The van der Waals surface area contributed by atoms with Gasteiger partial charge in [0.15, 0.2) is 0 Å². The predicted octanol–water partition coefficient (Wildman–Crippen LogP) is 1.34. The molecule has 0 unspecified atom stereocenters. The number of rotatable bonds is 7. The van der Waals surface area contributed by atoms with Gasteiger partial charge in [0.1, 0.15) is 16.5 Å². The summed E-state index contributed by atoms with van der Waals surface area (Å²) in [5, 5.41) is 0. The van der Waals surface area contributed by atoms with Crippen molar-refractivity contribution >= 4 is 10.0 Å². The first-order valence-corrected chi connectivity index (χ1v) is 10.7. The smallest absolute Gasteiger partial charge is 0.247 e. The standard InChI is InChI=1S/C18H27FN2O5S/c1-24-17-3-2-15(19)14-18(17)27(22,23)21(16-4-10-25-11-5-16)7-6-20-8-12-26-13-9-20/h2-3,14,16H,4-13H2,1H3. The Morgan fingerprint density at radius 3 is 2.52 bits per heavy atom. The highest BCUT2D eigenvalue weighted by Crippen LogP contribution is 2.30. The molecule has 1 aromatic carbocycles. The lowest BCUT2D eigenvalue weighted by atomic mass is 10.1. The van der Waals surface area contributed by atoms with Crippen LogP contribution in [0.5, 0.6) is 5.75 Å². The Morgan fingerprint density at radius 2 is 1.85 bits per heavy atom.